The van der Waals surface area contributed by atoms with Crippen LogP contribution in [0.3, 0.4) is 0 Å². The number of nitrogens with zero attached hydrogens (tertiary/aromatic N) is 2. The van der Waals surface area contributed by atoms with Crippen LogP contribution in [-0.4, -0.2) is 60.6 Å². The van der Waals surface area contributed by atoms with E-state index >= 15 is 0 Å². The SMILES string of the molecule is CCOC(=O)Oc1ccc(C(=O)N2CCN(C(=O)CC3CCCC3)CC2)cc1. The molecule has 28 heavy (non-hydrogen) atoms. The summed E-state index contributed by atoms with van der Waals surface area (Å²) >= 11 is 0. The second-order valence-electron chi connectivity index (χ2n) is 7.34. The Morgan fingerprint density at radius 1 is 0.964 bits per heavy atom. The van der Waals surface area contributed by atoms with Crippen LogP contribution in [0.2, 0.25) is 0 Å². The summed E-state index contributed by atoms with van der Waals surface area (Å²) in [6.07, 6.45) is 4.70. The van der Waals surface area contributed by atoms with Gasteiger partial charge >= 0.3 is 6.16 Å². The Labute approximate surface area is 165 Å². The van der Waals surface area contributed by atoms with Crippen LogP contribution in [0.5, 0.6) is 5.75 Å². The predicted molar refractivity (Wildman–Crippen MR) is 103 cm³/mol. The zero-order valence-electron chi connectivity index (χ0n) is 16.4. The van der Waals surface area contributed by atoms with Gasteiger partial charge < -0.3 is 19.3 Å². The Balaban J connectivity index is 1.47. The van der Waals surface area contributed by atoms with Gasteiger partial charge in [0.2, 0.25) is 5.91 Å². The standard InChI is InChI=1S/C21H28N2O5/c1-2-27-21(26)28-18-9-7-17(8-10-18)20(25)23-13-11-22(12-14-23)19(24)15-16-5-3-4-6-16/h7-10,16H,2-6,11-15H2,1H3. The molecule has 2 aliphatic rings. The van der Waals surface area contributed by atoms with Crippen molar-refractivity contribution in [2.45, 2.75) is 39.0 Å². The van der Waals surface area contributed by atoms with Gasteiger partial charge in [0, 0.05) is 38.2 Å². The van der Waals surface area contributed by atoms with Crippen LogP contribution in [0.15, 0.2) is 24.3 Å². The normalized spacial score (nSPS) is 17.5. The molecule has 0 radical (unpaired) electrons. The molecule has 0 aromatic heterocycles. The zero-order valence-corrected chi connectivity index (χ0v) is 16.4. The lowest BCUT2D eigenvalue weighted by molar-refractivity contribution is -0.133. The fraction of sp³-hybridized carbons (Fsp3) is 0.571. The van der Waals surface area contributed by atoms with Crippen LogP contribution >= 0.6 is 0 Å². The molecule has 1 aliphatic carbocycles. The van der Waals surface area contributed by atoms with Gasteiger partial charge in [0.25, 0.3) is 5.91 Å². The van der Waals surface area contributed by atoms with Crippen LogP contribution in [-0.2, 0) is 9.53 Å². The average molecular weight is 388 g/mol. The van der Waals surface area contributed by atoms with Crippen LogP contribution in [0, 0.1) is 5.92 Å². The van der Waals surface area contributed by atoms with Crippen molar-refractivity contribution in [3.63, 3.8) is 0 Å². The van der Waals surface area contributed by atoms with Gasteiger partial charge in [-0.2, -0.15) is 0 Å². The molecule has 0 N–H and O–H groups in total. The van der Waals surface area contributed by atoms with Crippen molar-refractivity contribution < 1.29 is 23.9 Å². The maximum atomic E-state index is 12.7. The Morgan fingerprint density at radius 3 is 2.18 bits per heavy atom. The Kier molecular flexibility index (Phi) is 6.90. The molecule has 0 bridgehead atoms. The molecule has 1 saturated carbocycles. The van der Waals surface area contributed by atoms with Gasteiger partial charge in [-0.25, -0.2) is 4.79 Å². The predicted octanol–water partition coefficient (Wildman–Crippen LogP) is 3.09. The van der Waals surface area contributed by atoms with Crippen LogP contribution in [0.1, 0.15) is 49.4 Å². The summed E-state index contributed by atoms with van der Waals surface area (Å²) in [5.41, 5.74) is 0.530. The number of hydrogen-bond donors (Lipinski definition) is 0. The fourth-order valence-corrected chi connectivity index (χ4v) is 3.84. The lowest BCUT2D eigenvalue weighted by atomic mass is 10.0. The van der Waals surface area contributed by atoms with Gasteiger partial charge in [-0.3, -0.25) is 9.59 Å². The lowest BCUT2D eigenvalue weighted by Crippen LogP contribution is -2.50. The Morgan fingerprint density at radius 2 is 1.57 bits per heavy atom. The highest BCUT2D eigenvalue weighted by atomic mass is 16.7. The number of benzene rings is 1. The van der Waals surface area contributed by atoms with Crippen molar-refractivity contribution in [1.82, 2.24) is 9.80 Å². The van der Waals surface area contributed by atoms with Gasteiger partial charge in [0.15, 0.2) is 0 Å². The van der Waals surface area contributed by atoms with E-state index in [9.17, 15) is 14.4 Å². The number of ether oxygens (including phenoxy) is 2. The molecule has 0 spiro atoms. The molecular weight excluding hydrogens is 360 g/mol. The number of carbonyl (C=O) groups is 3. The summed E-state index contributed by atoms with van der Waals surface area (Å²) in [4.78, 5) is 40.1. The van der Waals surface area contributed by atoms with Gasteiger partial charge in [0.05, 0.1) is 6.61 Å². The molecule has 3 rings (SSSR count). The quantitative estimate of drug-likeness (QED) is 0.572. The molecule has 1 heterocycles. The number of rotatable bonds is 5. The minimum atomic E-state index is -0.764. The fourth-order valence-electron chi connectivity index (χ4n) is 3.84. The van der Waals surface area contributed by atoms with E-state index < -0.39 is 6.16 Å². The minimum absolute atomic E-state index is 0.0782. The third kappa shape index (κ3) is 5.24. The highest BCUT2D eigenvalue weighted by Gasteiger charge is 2.27. The van der Waals surface area contributed by atoms with Gasteiger partial charge in [-0.1, -0.05) is 12.8 Å². The van der Waals surface area contributed by atoms with Crippen molar-refractivity contribution >= 4 is 18.0 Å². The van der Waals surface area contributed by atoms with Crippen LogP contribution < -0.4 is 4.74 Å². The summed E-state index contributed by atoms with van der Waals surface area (Å²) < 4.78 is 9.72. The number of carbonyl (C=O) groups excluding carboxylic acids is 3. The van der Waals surface area contributed by atoms with Crippen molar-refractivity contribution in [1.29, 1.82) is 0 Å². The summed E-state index contributed by atoms with van der Waals surface area (Å²) in [7, 11) is 0. The van der Waals surface area contributed by atoms with Crippen molar-refractivity contribution in [2.75, 3.05) is 32.8 Å². The largest absolute Gasteiger partial charge is 0.513 e. The highest BCUT2D eigenvalue weighted by Crippen LogP contribution is 2.28. The maximum Gasteiger partial charge on any atom is 0.513 e. The molecule has 0 unspecified atom stereocenters. The zero-order chi connectivity index (χ0) is 19.9. The first kappa shape index (κ1) is 20.2. The van der Waals surface area contributed by atoms with E-state index in [1.807, 2.05) is 4.90 Å². The molecule has 7 nitrogen and oxygen atoms in total. The molecule has 1 aromatic rings. The van der Waals surface area contributed by atoms with E-state index in [2.05, 4.69) is 0 Å². The van der Waals surface area contributed by atoms with E-state index in [-0.39, 0.29) is 18.4 Å². The first-order chi connectivity index (χ1) is 13.6. The first-order valence-corrected chi connectivity index (χ1v) is 10.1. The minimum Gasteiger partial charge on any atom is -0.434 e. The van der Waals surface area contributed by atoms with Crippen molar-refractivity contribution in [2.24, 2.45) is 5.92 Å². The van der Waals surface area contributed by atoms with E-state index in [0.29, 0.717) is 49.8 Å². The third-order valence-corrected chi connectivity index (χ3v) is 5.42. The topological polar surface area (TPSA) is 76.2 Å². The van der Waals surface area contributed by atoms with Gasteiger partial charge in [-0.15, -0.1) is 0 Å². The summed E-state index contributed by atoms with van der Waals surface area (Å²) in [5, 5.41) is 0. The Bertz CT molecular complexity index is 689. The first-order valence-electron chi connectivity index (χ1n) is 10.1. The molecule has 0 atom stereocenters. The van der Waals surface area contributed by atoms with Gasteiger partial charge in [0.1, 0.15) is 5.75 Å². The monoisotopic (exact) mass is 388 g/mol. The molecule has 1 aromatic carbocycles. The smallest absolute Gasteiger partial charge is 0.434 e. The van der Waals surface area contributed by atoms with E-state index in [4.69, 9.17) is 9.47 Å². The molecule has 152 valence electrons. The summed E-state index contributed by atoms with van der Waals surface area (Å²) in [6.45, 7) is 4.19. The number of hydrogen-bond acceptors (Lipinski definition) is 5. The third-order valence-electron chi connectivity index (χ3n) is 5.42. The van der Waals surface area contributed by atoms with Crippen molar-refractivity contribution in [3.8, 4) is 5.75 Å². The summed E-state index contributed by atoms with van der Waals surface area (Å²) in [5.74, 6) is 1.02. The maximum absolute atomic E-state index is 12.7. The van der Waals surface area contributed by atoms with Crippen molar-refractivity contribution in [3.05, 3.63) is 29.8 Å². The molecule has 1 aliphatic heterocycles. The lowest BCUT2D eigenvalue weighted by Gasteiger charge is -2.35. The second kappa shape index (κ2) is 9.57. The molecular formula is C21H28N2O5. The van der Waals surface area contributed by atoms with E-state index in [1.54, 1.807) is 36.1 Å². The van der Waals surface area contributed by atoms with Crippen LogP contribution in [0.4, 0.5) is 4.79 Å². The molecule has 1 saturated heterocycles. The van der Waals surface area contributed by atoms with Crippen LogP contribution in [0.25, 0.3) is 0 Å². The molecule has 2 amide bonds. The summed E-state index contributed by atoms with van der Waals surface area (Å²) in [6, 6.07) is 6.42. The van der Waals surface area contributed by atoms with E-state index in [0.717, 1.165) is 0 Å². The Hall–Kier alpha value is -2.57. The van der Waals surface area contributed by atoms with E-state index in [1.165, 1.54) is 25.7 Å². The van der Waals surface area contributed by atoms with Gasteiger partial charge in [-0.05, 0) is 49.9 Å². The average Bonchev–Trinajstić information content (AvgIpc) is 3.21. The molecule has 7 heteroatoms. The molecule has 2 fully saturated rings. The highest BCUT2D eigenvalue weighted by molar-refractivity contribution is 5.94. The number of piperazine rings is 1. The second-order valence-corrected chi connectivity index (χ2v) is 7.34. The number of amides is 2.